The lowest BCUT2D eigenvalue weighted by Gasteiger charge is -2.35. The number of nitrogens with zero attached hydrogens (tertiary/aromatic N) is 1. The summed E-state index contributed by atoms with van der Waals surface area (Å²) in [7, 11) is 3.42. The fourth-order valence-electron chi connectivity index (χ4n) is 2.77. The van der Waals surface area contributed by atoms with Crippen LogP contribution in [-0.4, -0.2) is 39.4 Å². The average molecular weight is 264 g/mol. The number of hydrogen-bond donors (Lipinski definition) is 1. The van der Waals surface area contributed by atoms with Gasteiger partial charge < -0.3 is 19.7 Å². The second kappa shape index (κ2) is 6.15. The van der Waals surface area contributed by atoms with Crippen molar-refractivity contribution >= 4 is 5.69 Å². The molecular weight excluding hydrogens is 240 g/mol. The molecule has 0 amide bonds. The molecular formula is C15H24N2O2. The Morgan fingerprint density at radius 2 is 1.95 bits per heavy atom. The number of hydrogen-bond acceptors (Lipinski definition) is 4. The molecule has 0 bridgehead atoms. The maximum absolute atomic E-state index is 5.52. The van der Waals surface area contributed by atoms with Gasteiger partial charge in [-0.1, -0.05) is 0 Å². The van der Waals surface area contributed by atoms with Crippen molar-refractivity contribution in [3.8, 4) is 11.5 Å². The number of rotatable bonds is 3. The highest BCUT2D eigenvalue weighted by atomic mass is 16.5. The van der Waals surface area contributed by atoms with Crippen molar-refractivity contribution in [2.75, 3.05) is 32.2 Å². The first-order chi connectivity index (χ1) is 9.17. The van der Waals surface area contributed by atoms with Crippen LogP contribution in [0.2, 0.25) is 0 Å². The second-order valence-electron chi connectivity index (χ2n) is 5.14. The molecule has 0 saturated carbocycles. The van der Waals surface area contributed by atoms with E-state index in [0.717, 1.165) is 36.7 Å². The van der Waals surface area contributed by atoms with Gasteiger partial charge in [0, 0.05) is 24.7 Å². The Hall–Kier alpha value is -1.42. The fourth-order valence-corrected chi connectivity index (χ4v) is 2.77. The maximum Gasteiger partial charge on any atom is 0.142 e. The monoisotopic (exact) mass is 264 g/mol. The summed E-state index contributed by atoms with van der Waals surface area (Å²) >= 11 is 0. The van der Waals surface area contributed by atoms with Gasteiger partial charge in [-0.25, -0.2) is 0 Å². The van der Waals surface area contributed by atoms with Crippen LogP contribution < -0.4 is 19.7 Å². The van der Waals surface area contributed by atoms with Crippen LogP contribution in [-0.2, 0) is 0 Å². The quantitative estimate of drug-likeness (QED) is 0.908. The summed E-state index contributed by atoms with van der Waals surface area (Å²) in [5, 5.41) is 3.48. The molecule has 4 nitrogen and oxygen atoms in total. The molecule has 1 saturated heterocycles. The number of ether oxygens (including phenoxy) is 2. The molecule has 19 heavy (non-hydrogen) atoms. The van der Waals surface area contributed by atoms with Gasteiger partial charge in [-0.3, -0.25) is 0 Å². The van der Waals surface area contributed by atoms with E-state index < -0.39 is 0 Å². The van der Waals surface area contributed by atoms with Crippen molar-refractivity contribution in [2.45, 2.75) is 32.4 Å². The van der Waals surface area contributed by atoms with Crippen LogP contribution in [0.5, 0.6) is 11.5 Å². The van der Waals surface area contributed by atoms with Gasteiger partial charge in [-0.2, -0.15) is 0 Å². The smallest absolute Gasteiger partial charge is 0.142 e. The van der Waals surface area contributed by atoms with E-state index >= 15 is 0 Å². The zero-order chi connectivity index (χ0) is 13.8. The lowest BCUT2D eigenvalue weighted by Crippen LogP contribution is -2.42. The minimum absolute atomic E-state index is 0.429. The number of nitrogens with one attached hydrogen (secondary N) is 1. The van der Waals surface area contributed by atoms with Crippen molar-refractivity contribution < 1.29 is 9.47 Å². The van der Waals surface area contributed by atoms with E-state index in [2.05, 4.69) is 30.1 Å². The molecule has 2 rings (SSSR count). The van der Waals surface area contributed by atoms with E-state index in [1.54, 1.807) is 14.2 Å². The molecule has 4 heteroatoms. The van der Waals surface area contributed by atoms with Crippen molar-refractivity contribution in [3.63, 3.8) is 0 Å². The molecule has 0 radical (unpaired) electrons. The van der Waals surface area contributed by atoms with Gasteiger partial charge in [-0.15, -0.1) is 0 Å². The summed E-state index contributed by atoms with van der Waals surface area (Å²) in [4.78, 5) is 2.43. The first-order valence-corrected chi connectivity index (χ1v) is 6.88. The Morgan fingerprint density at radius 3 is 2.63 bits per heavy atom. The van der Waals surface area contributed by atoms with Gasteiger partial charge in [0.1, 0.15) is 11.5 Å². The molecule has 1 aromatic rings. The summed E-state index contributed by atoms with van der Waals surface area (Å²) in [6.07, 6.45) is 1.13. The molecule has 1 aliphatic rings. The van der Waals surface area contributed by atoms with Gasteiger partial charge in [0.15, 0.2) is 0 Å². The van der Waals surface area contributed by atoms with E-state index in [9.17, 15) is 0 Å². The predicted octanol–water partition coefficient (Wildman–Crippen LogP) is 2.28. The minimum atomic E-state index is 0.429. The molecule has 0 aliphatic carbocycles. The highest BCUT2D eigenvalue weighted by Crippen LogP contribution is 2.35. The Kier molecular flexibility index (Phi) is 4.53. The Morgan fingerprint density at radius 1 is 1.16 bits per heavy atom. The maximum atomic E-state index is 5.52. The molecule has 1 heterocycles. The predicted molar refractivity (Wildman–Crippen MR) is 78.4 cm³/mol. The molecule has 106 valence electrons. The van der Waals surface area contributed by atoms with Gasteiger partial charge in [-0.05, 0) is 38.9 Å². The summed E-state index contributed by atoms with van der Waals surface area (Å²) < 4.78 is 10.9. The Bertz CT molecular complexity index is 411. The molecule has 0 aromatic heterocycles. The SMILES string of the molecule is COc1ccc(OC)c(N2C(C)CCNCC2C)c1. The number of anilines is 1. The average Bonchev–Trinajstić information content (AvgIpc) is 2.59. The van der Waals surface area contributed by atoms with Crippen molar-refractivity contribution in [2.24, 2.45) is 0 Å². The van der Waals surface area contributed by atoms with E-state index in [4.69, 9.17) is 9.47 Å². The molecule has 1 aromatic carbocycles. The Balaban J connectivity index is 2.41. The third-order valence-corrected chi connectivity index (χ3v) is 3.79. The topological polar surface area (TPSA) is 33.7 Å². The molecule has 1 N–H and O–H groups in total. The van der Waals surface area contributed by atoms with E-state index in [1.807, 2.05) is 12.1 Å². The van der Waals surface area contributed by atoms with Crippen molar-refractivity contribution in [3.05, 3.63) is 18.2 Å². The minimum Gasteiger partial charge on any atom is -0.497 e. The highest BCUT2D eigenvalue weighted by molar-refractivity contribution is 5.63. The van der Waals surface area contributed by atoms with Crippen molar-refractivity contribution in [1.82, 2.24) is 5.32 Å². The summed E-state index contributed by atoms with van der Waals surface area (Å²) in [6, 6.07) is 6.89. The van der Waals surface area contributed by atoms with Crippen molar-refractivity contribution in [1.29, 1.82) is 0 Å². The van der Waals surface area contributed by atoms with Gasteiger partial charge >= 0.3 is 0 Å². The summed E-state index contributed by atoms with van der Waals surface area (Å²) in [5.41, 5.74) is 1.12. The van der Waals surface area contributed by atoms with Crippen LogP contribution in [0.25, 0.3) is 0 Å². The van der Waals surface area contributed by atoms with E-state index in [1.165, 1.54) is 0 Å². The zero-order valence-corrected chi connectivity index (χ0v) is 12.3. The summed E-state index contributed by atoms with van der Waals surface area (Å²) in [5.74, 6) is 1.77. The van der Waals surface area contributed by atoms with Crippen LogP contribution in [0.1, 0.15) is 20.3 Å². The number of methoxy groups -OCH3 is 2. The van der Waals surface area contributed by atoms with E-state index in [-0.39, 0.29) is 0 Å². The Labute approximate surface area is 115 Å². The van der Waals surface area contributed by atoms with E-state index in [0.29, 0.717) is 12.1 Å². The number of benzene rings is 1. The van der Waals surface area contributed by atoms with Crippen LogP contribution in [0.15, 0.2) is 18.2 Å². The molecule has 2 unspecified atom stereocenters. The first kappa shape index (κ1) is 14.0. The second-order valence-corrected chi connectivity index (χ2v) is 5.14. The molecule has 1 fully saturated rings. The van der Waals surface area contributed by atoms with Crippen LogP contribution in [0.4, 0.5) is 5.69 Å². The highest BCUT2D eigenvalue weighted by Gasteiger charge is 2.25. The molecule has 2 atom stereocenters. The van der Waals surface area contributed by atoms with Crippen LogP contribution >= 0.6 is 0 Å². The normalized spacial score (nSPS) is 23.9. The third kappa shape index (κ3) is 2.95. The van der Waals surface area contributed by atoms with Gasteiger partial charge in [0.2, 0.25) is 0 Å². The summed E-state index contributed by atoms with van der Waals surface area (Å²) in [6.45, 7) is 6.56. The standard InChI is InChI=1S/C15H24N2O2/c1-11-7-8-16-10-12(2)17(11)14-9-13(18-3)5-6-15(14)19-4/h5-6,9,11-12,16H,7-8,10H2,1-4H3. The van der Waals surface area contributed by atoms with Crippen LogP contribution in [0, 0.1) is 0 Å². The lowest BCUT2D eigenvalue weighted by atomic mass is 10.1. The largest absolute Gasteiger partial charge is 0.497 e. The molecule has 1 aliphatic heterocycles. The van der Waals surface area contributed by atoms with Gasteiger partial charge in [0.25, 0.3) is 0 Å². The fraction of sp³-hybridized carbons (Fsp3) is 0.600. The van der Waals surface area contributed by atoms with Crippen LogP contribution in [0.3, 0.4) is 0 Å². The van der Waals surface area contributed by atoms with Gasteiger partial charge in [0.05, 0.1) is 19.9 Å². The lowest BCUT2D eigenvalue weighted by molar-refractivity contribution is 0.400. The third-order valence-electron chi connectivity index (χ3n) is 3.79. The first-order valence-electron chi connectivity index (χ1n) is 6.88. The molecule has 0 spiro atoms. The zero-order valence-electron chi connectivity index (χ0n) is 12.3.